The molecule has 2 rings (SSSR count). The molecule has 0 atom stereocenters. The van der Waals surface area contributed by atoms with Crippen LogP contribution >= 0.6 is 0 Å². The van der Waals surface area contributed by atoms with Crippen molar-refractivity contribution in [2.75, 3.05) is 0 Å². The highest BCUT2D eigenvalue weighted by Gasteiger charge is 2.06. The topological polar surface area (TPSA) is 35.2 Å². The van der Waals surface area contributed by atoms with Crippen molar-refractivity contribution in [2.45, 2.75) is 39.8 Å². The molecule has 0 saturated heterocycles. The number of rotatable bonds is 5. The van der Waals surface area contributed by atoms with Crippen LogP contribution in [0.15, 0.2) is 42.5 Å². The zero-order valence-electron chi connectivity index (χ0n) is 12.5. The van der Waals surface area contributed by atoms with Crippen molar-refractivity contribution >= 4 is 0 Å². The Balaban J connectivity index is 2.16. The van der Waals surface area contributed by atoms with E-state index >= 15 is 0 Å². The zero-order chi connectivity index (χ0) is 14.5. The molecule has 0 aliphatic rings. The maximum absolute atomic E-state index is 6.00. The van der Waals surface area contributed by atoms with Crippen molar-refractivity contribution in [3.63, 3.8) is 0 Å². The summed E-state index contributed by atoms with van der Waals surface area (Å²) in [5.41, 5.74) is 10.5. The number of aryl methyl sites for hydroxylation is 1. The summed E-state index contributed by atoms with van der Waals surface area (Å²) >= 11 is 0. The summed E-state index contributed by atoms with van der Waals surface area (Å²) < 4.78 is 6.00. The monoisotopic (exact) mass is 269 g/mol. The molecule has 106 valence electrons. The minimum absolute atomic E-state index is 0.509. The van der Waals surface area contributed by atoms with Gasteiger partial charge in [-0.1, -0.05) is 50.2 Å². The van der Waals surface area contributed by atoms with Gasteiger partial charge in [-0.2, -0.15) is 0 Å². The third kappa shape index (κ3) is 3.40. The van der Waals surface area contributed by atoms with Crippen LogP contribution in [0.5, 0.6) is 5.75 Å². The third-order valence-corrected chi connectivity index (χ3v) is 3.60. The summed E-state index contributed by atoms with van der Waals surface area (Å²) in [6.45, 7) is 7.57. The van der Waals surface area contributed by atoms with E-state index in [1.165, 1.54) is 11.1 Å². The Morgan fingerprint density at radius 1 is 1.05 bits per heavy atom. The van der Waals surface area contributed by atoms with E-state index in [0.717, 1.165) is 16.9 Å². The van der Waals surface area contributed by atoms with Crippen LogP contribution in [0.1, 0.15) is 42.0 Å². The van der Waals surface area contributed by atoms with Crippen LogP contribution in [0.25, 0.3) is 0 Å². The molecular weight excluding hydrogens is 246 g/mol. The molecule has 0 aliphatic carbocycles. The Labute approximate surface area is 121 Å². The fourth-order valence-electron chi connectivity index (χ4n) is 2.18. The Morgan fingerprint density at radius 2 is 1.75 bits per heavy atom. The van der Waals surface area contributed by atoms with Gasteiger partial charge in [0.1, 0.15) is 12.4 Å². The minimum Gasteiger partial charge on any atom is -0.489 e. The Kier molecular flexibility index (Phi) is 4.80. The number of nitrogens with two attached hydrogens (primary N) is 1. The zero-order valence-corrected chi connectivity index (χ0v) is 12.5. The quantitative estimate of drug-likeness (QED) is 0.884. The van der Waals surface area contributed by atoms with E-state index in [1.807, 2.05) is 12.1 Å². The molecule has 0 heterocycles. The van der Waals surface area contributed by atoms with Gasteiger partial charge in [-0.15, -0.1) is 0 Å². The van der Waals surface area contributed by atoms with Gasteiger partial charge in [0.15, 0.2) is 0 Å². The average Bonchev–Trinajstić information content (AvgIpc) is 2.46. The van der Waals surface area contributed by atoms with Crippen LogP contribution in [-0.2, 0) is 13.2 Å². The van der Waals surface area contributed by atoms with Crippen molar-refractivity contribution in [3.8, 4) is 5.75 Å². The van der Waals surface area contributed by atoms with Crippen molar-refractivity contribution in [3.05, 3.63) is 64.7 Å². The first-order chi connectivity index (χ1) is 9.61. The predicted octanol–water partition coefficient (Wildman–Crippen LogP) is 4.16. The van der Waals surface area contributed by atoms with Gasteiger partial charge in [0.2, 0.25) is 0 Å². The summed E-state index contributed by atoms with van der Waals surface area (Å²) in [5, 5.41) is 0. The molecule has 0 saturated carbocycles. The molecular formula is C18H23NO. The summed E-state index contributed by atoms with van der Waals surface area (Å²) in [4.78, 5) is 0. The standard InChI is InChI=1S/C18H23NO/c1-13(2)15-9-8-14(3)18(10-15)20-12-17-7-5-4-6-16(17)11-19/h4-10,13H,11-12,19H2,1-3H3. The normalized spacial score (nSPS) is 10.8. The molecule has 2 aromatic carbocycles. The van der Waals surface area contributed by atoms with E-state index < -0.39 is 0 Å². The van der Waals surface area contributed by atoms with E-state index in [-0.39, 0.29) is 0 Å². The third-order valence-electron chi connectivity index (χ3n) is 3.60. The first-order valence-corrected chi connectivity index (χ1v) is 7.12. The maximum Gasteiger partial charge on any atom is 0.123 e. The largest absolute Gasteiger partial charge is 0.489 e. The molecule has 0 spiro atoms. The lowest BCUT2D eigenvalue weighted by atomic mass is 10.0. The second kappa shape index (κ2) is 6.58. The van der Waals surface area contributed by atoms with Crippen molar-refractivity contribution in [1.29, 1.82) is 0 Å². The highest BCUT2D eigenvalue weighted by Crippen LogP contribution is 2.25. The van der Waals surface area contributed by atoms with Crippen LogP contribution in [0, 0.1) is 6.92 Å². The first kappa shape index (κ1) is 14.6. The molecule has 0 amide bonds. The van der Waals surface area contributed by atoms with Gasteiger partial charge in [0.05, 0.1) is 0 Å². The molecule has 2 N–H and O–H groups in total. The van der Waals surface area contributed by atoms with E-state index in [0.29, 0.717) is 19.1 Å². The molecule has 0 radical (unpaired) electrons. The SMILES string of the molecule is Cc1ccc(C(C)C)cc1OCc1ccccc1CN. The smallest absolute Gasteiger partial charge is 0.123 e. The lowest BCUT2D eigenvalue weighted by Crippen LogP contribution is -2.05. The van der Waals surface area contributed by atoms with Crippen LogP contribution in [-0.4, -0.2) is 0 Å². The molecule has 20 heavy (non-hydrogen) atoms. The summed E-state index contributed by atoms with van der Waals surface area (Å²) in [5.74, 6) is 1.47. The van der Waals surface area contributed by atoms with Gasteiger partial charge in [-0.25, -0.2) is 0 Å². The Hall–Kier alpha value is -1.80. The van der Waals surface area contributed by atoms with E-state index in [1.54, 1.807) is 0 Å². The molecule has 0 unspecified atom stereocenters. The summed E-state index contributed by atoms with van der Waals surface area (Å²) in [6, 6.07) is 14.6. The highest BCUT2D eigenvalue weighted by atomic mass is 16.5. The number of benzene rings is 2. The average molecular weight is 269 g/mol. The van der Waals surface area contributed by atoms with E-state index in [9.17, 15) is 0 Å². The lowest BCUT2D eigenvalue weighted by molar-refractivity contribution is 0.302. The lowest BCUT2D eigenvalue weighted by Gasteiger charge is -2.14. The molecule has 2 heteroatoms. The van der Waals surface area contributed by atoms with Gasteiger partial charge >= 0.3 is 0 Å². The van der Waals surface area contributed by atoms with Gasteiger partial charge in [0.25, 0.3) is 0 Å². The van der Waals surface area contributed by atoms with Crippen molar-refractivity contribution in [2.24, 2.45) is 5.73 Å². The van der Waals surface area contributed by atoms with Crippen molar-refractivity contribution in [1.82, 2.24) is 0 Å². The van der Waals surface area contributed by atoms with Gasteiger partial charge in [-0.05, 0) is 41.2 Å². The van der Waals surface area contributed by atoms with E-state index in [2.05, 4.69) is 51.1 Å². The first-order valence-electron chi connectivity index (χ1n) is 7.12. The van der Waals surface area contributed by atoms with Crippen LogP contribution in [0.2, 0.25) is 0 Å². The molecule has 0 aliphatic heterocycles. The molecule has 2 nitrogen and oxygen atoms in total. The van der Waals surface area contributed by atoms with Gasteiger partial charge in [-0.3, -0.25) is 0 Å². The molecule has 0 bridgehead atoms. The van der Waals surface area contributed by atoms with Crippen LogP contribution in [0.4, 0.5) is 0 Å². The second-order valence-corrected chi connectivity index (χ2v) is 5.44. The number of hydrogen-bond donors (Lipinski definition) is 1. The maximum atomic E-state index is 6.00. The van der Waals surface area contributed by atoms with Gasteiger partial charge in [0, 0.05) is 6.54 Å². The molecule has 2 aromatic rings. The number of ether oxygens (including phenoxy) is 1. The minimum atomic E-state index is 0.509. The van der Waals surface area contributed by atoms with E-state index in [4.69, 9.17) is 10.5 Å². The van der Waals surface area contributed by atoms with Crippen molar-refractivity contribution < 1.29 is 4.74 Å². The fourth-order valence-corrected chi connectivity index (χ4v) is 2.18. The Bertz CT molecular complexity index is 575. The molecule has 0 aromatic heterocycles. The summed E-state index contributed by atoms with van der Waals surface area (Å²) in [7, 11) is 0. The summed E-state index contributed by atoms with van der Waals surface area (Å²) in [6.07, 6.45) is 0. The van der Waals surface area contributed by atoms with Crippen LogP contribution in [0.3, 0.4) is 0 Å². The second-order valence-electron chi connectivity index (χ2n) is 5.44. The predicted molar refractivity (Wildman–Crippen MR) is 83.9 cm³/mol. The van der Waals surface area contributed by atoms with Gasteiger partial charge < -0.3 is 10.5 Å². The Morgan fingerprint density at radius 3 is 2.40 bits per heavy atom. The molecule has 0 fully saturated rings. The highest BCUT2D eigenvalue weighted by molar-refractivity contribution is 5.38. The fraction of sp³-hybridized carbons (Fsp3) is 0.333. The number of hydrogen-bond acceptors (Lipinski definition) is 2. The van der Waals surface area contributed by atoms with Crippen LogP contribution < -0.4 is 10.5 Å².